The summed E-state index contributed by atoms with van der Waals surface area (Å²) in [5.74, 6) is -0.684. The van der Waals surface area contributed by atoms with Gasteiger partial charge < -0.3 is 0 Å². The van der Waals surface area contributed by atoms with Crippen molar-refractivity contribution >= 4 is 25.8 Å². The molecule has 0 aliphatic rings. The van der Waals surface area contributed by atoms with Crippen LogP contribution in [0.2, 0.25) is 0 Å². The van der Waals surface area contributed by atoms with Gasteiger partial charge in [-0.1, -0.05) is 34.1 Å². The van der Waals surface area contributed by atoms with Crippen molar-refractivity contribution in [3.8, 4) is 0 Å². The Morgan fingerprint density at radius 1 is 1.06 bits per heavy atom. The standard InChI is InChI=1S/C13H10BrFO2S/c14-11-6-4-10(5-7-11)9-18(16,17)13-3-1-2-12(15)8-13/h1-8H,9H2. The summed E-state index contributed by atoms with van der Waals surface area (Å²) >= 11 is 3.28. The zero-order valence-electron chi connectivity index (χ0n) is 9.31. The van der Waals surface area contributed by atoms with Crippen molar-refractivity contribution in [1.29, 1.82) is 0 Å². The van der Waals surface area contributed by atoms with Crippen LogP contribution >= 0.6 is 15.9 Å². The van der Waals surface area contributed by atoms with E-state index in [9.17, 15) is 12.8 Å². The molecule has 0 unspecified atom stereocenters. The molecule has 0 spiro atoms. The molecule has 2 nitrogen and oxygen atoms in total. The van der Waals surface area contributed by atoms with Crippen molar-refractivity contribution in [3.05, 3.63) is 64.4 Å². The van der Waals surface area contributed by atoms with Crippen LogP contribution in [0.25, 0.3) is 0 Å². The molecule has 2 rings (SSSR count). The third-order valence-corrected chi connectivity index (χ3v) is 4.64. The van der Waals surface area contributed by atoms with Gasteiger partial charge in [-0.3, -0.25) is 0 Å². The molecule has 5 heteroatoms. The minimum Gasteiger partial charge on any atom is -0.223 e. The fourth-order valence-corrected chi connectivity index (χ4v) is 3.18. The van der Waals surface area contributed by atoms with Crippen LogP contribution in [0.5, 0.6) is 0 Å². The largest absolute Gasteiger partial charge is 0.223 e. The molecule has 0 N–H and O–H groups in total. The van der Waals surface area contributed by atoms with Crippen molar-refractivity contribution in [2.24, 2.45) is 0 Å². The average molecular weight is 329 g/mol. The predicted molar refractivity (Wildman–Crippen MR) is 71.4 cm³/mol. The first-order valence-electron chi connectivity index (χ1n) is 5.20. The van der Waals surface area contributed by atoms with Gasteiger partial charge in [0, 0.05) is 4.47 Å². The molecule has 2 aromatic carbocycles. The fourth-order valence-electron chi connectivity index (χ4n) is 1.54. The lowest BCUT2D eigenvalue weighted by Gasteiger charge is -2.05. The Labute approximate surface area is 114 Å². The zero-order valence-corrected chi connectivity index (χ0v) is 11.7. The van der Waals surface area contributed by atoms with E-state index in [4.69, 9.17) is 0 Å². The highest BCUT2D eigenvalue weighted by molar-refractivity contribution is 9.10. The van der Waals surface area contributed by atoms with E-state index in [0.717, 1.165) is 10.5 Å². The van der Waals surface area contributed by atoms with Crippen molar-refractivity contribution in [2.45, 2.75) is 10.6 Å². The van der Waals surface area contributed by atoms with E-state index in [-0.39, 0.29) is 10.6 Å². The first kappa shape index (κ1) is 13.2. The van der Waals surface area contributed by atoms with E-state index in [2.05, 4.69) is 15.9 Å². The van der Waals surface area contributed by atoms with Crippen LogP contribution in [0, 0.1) is 5.82 Å². The minimum atomic E-state index is -3.50. The van der Waals surface area contributed by atoms with Gasteiger partial charge in [0.25, 0.3) is 0 Å². The zero-order chi connectivity index (χ0) is 13.2. The van der Waals surface area contributed by atoms with Gasteiger partial charge in [0.05, 0.1) is 10.6 Å². The number of halogens is 2. The molecule has 0 heterocycles. The normalized spacial score (nSPS) is 11.4. The number of hydrogen-bond acceptors (Lipinski definition) is 2. The minimum absolute atomic E-state index is 0.00502. The van der Waals surface area contributed by atoms with Gasteiger partial charge in [0.15, 0.2) is 9.84 Å². The maximum Gasteiger partial charge on any atom is 0.182 e. The highest BCUT2D eigenvalue weighted by atomic mass is 79.9. The third kappa shape index (κ3) is 3.17. The molecule has 18 heavy (non-hydrogen) atoms. The van der Waals surface area contributed by atoms with E-state index in [0.29, 0.717) is 5.56 Å². The fraction of sp³-hybridized carbons (Fsp3) is 0.0769. The molecule has 0 aliphatic carbocycles. The second-order valence-electron chi connectivity index (χ2n) is 3.84. The molecule has 0 radical (unpaired) electrons. The van der Waals surface area contributed by atoms with E-state index in [1.165, 1.54) is 18.2 Å². The van der Waals surface area contributed by atoms with Crippen LogP contribution in [0.1, 0.15) is 5.56 Å². The van der Waals surface area contributed by atoms with Crippen LogP contribution < -0.4 is 0 Å². The van der Waals surface area contributed by atoms with Crippen LogP contribution in [-0.4, -0.2) is 8.42 Å². The lowest BCUT2D eigenvalue weighted by Crippen LogP contribution is -2.05. The maximum atomic E-state index is 13.0. The molecule has 0 atom stereocenters. The molecule has 0 aliphatic heterocycles. The number of benzene rings is 2. The Kier molecular flexibility index (Phi) is 3.82. The van der Waals surface area contributed by atoms with Crippen molar-refractivity contribution in [2.75, 3.05) is 0 Å². The van der Waals surface area contributed by atoms with Gasteiger partial charge in [-0.25, -0.2) is 12.8 Å². The first-order valence-corrected chi connectivity index (χ1v) is 7.65. The van der Waals surface area contributed by atoms with Gasteiger partial charge in [-0.2, -0.15) is 0 Å². The van der Waals surface area contributed by atoms with Crippen molar-refractivity contribution in [1.82, 2.24) is 0 Å². The summed E-state index contributed by atoms with van der Waals surface area (Å²) in [5.41, 5.74) is 0.669. The maximum absolute atomic E-state index is 13.0. The molecule has 0 saturated heterocycles. The number of hydrogen-bond donors (Lipinski definition) is 0. The quantitative estimate of drug-likeness (QED) is 0.863. The average Bonchev–Trinajstić information content (AvgIpc) is 2.32. The number of sulfone groups is 1. The van der Waals surface area contributed by atoms with Gasteiger partial charge in [-0.05, 0) is 35.9 Å². The van der Waals surface area contributed by atoms with E-state index in [1.807, 2.05) is 0 Å². The summed E-state index contributed by atoms with van der Waals surface area (Å²) in [5, 5.41) is 0. The molecular weight excluding hydrogens is 319 g/mol. The molecule has 0 amide bonds. The third-order valence-electron chi connectivity index (χ3n) is 2.43. The monoisotopic (exact) mass is 328 g/mol. The topological polar surface area (TPSA) is 34.1 Å². The van der Waals surface area contributed by atoms with Crippen LogP contribution in [0.15, 0.2) is 57.9 Å². The molecule has 0 fully saturated rings. The Hall–Kier alpha value is -1.20. The van der Waals surface area contributed by atoms with E-state index < -0.39 is 15.7 Å². The Morgan fingerprint density at radius 2 is 1.72 bits per heavy atom. The Bertz CT molecular complexity index is 651. The molecule has 94 valence electrons. The molecular formula is C13H10BrFO2S. The van der Waals surface area contributed by atoms with E-state index in [1.54, 1.807) is 24.3 Å². The Morgan fingerprint density at radius 3 is 2.33 bits per heavy atom. The van der Waals surface area contributed by atoms with Crippen LogP contribution in [0.3, 0.4) is 0 Å². The highest BCUT2D eigenvalue weighted by Crippen LogP contribution is 2.18. The smallest absolute Gasteiger partial charge is 0.182 e. The van der Waals surface area contributed by atoms with Crippen LogP contribution in [0.4, 0.5) is 4.39 Å². The summed E-state index contributed by atoms with van der Waals surface area (Å²) in [6, 6.07) is 12.0. The van der Waals surface area contributed by atoms with Crippen molar-refractivity contribution < 1.29 is 12.8 Å². The summed E-state index contributed by atoms with van der Waals surface area (Å²) in [6.45, 7) is 0. The second kappa shape index (κ2) is 5.20. The molecule has 0 bridgehead atoms. The van der Waals surface area contributed by atoms with E-state index >= 15 is 0 Å². The predicted octanol–water partition coefficient (Wildman–Crippen LogP) is 3.56. The summed E-state index contributed by atoms with van der Waals surface area (Å²) < 4.78 is 38.0. The van der Waals surface area contributed by atoms with Crippen molar-refractivity contribution in [3.63, 3.8) is 0 Å². The lowest BCUT2D eigenvalue weighted by atomic mass is 10.2. The SMILES string of the molecule is O=S(=O)(Cc1ccc(Br)cc1)c1cccc(F)c1. The second-order valence-corrected chi connectivity index (χ2v) is 6.75. The summed E-state index contributed by atoms with van der Waals surface area (Å²) in [6.07, 6.45) is 0. The van der Waals surface area contributed by atoms with Gasteiger partial charge in [0.1, 0.15) is 5.82 Å². The lowest BCUT2D eigenvalue weighted by molar-refractivity contribution is 0.590. The number of rotatable bonds is 3. The highest BCUT2D eigenvalue weighted by Gasteiger charge is 2.15. The van der Waals surface area contributed by atoms with Gasteiger partial charge in [-0.15, -0.1) is 0 Å². The van der Waals surface area contributed by atoms with Gasteiger partial charge >= 0.3 is 0 Å². The summed E-state index contributed by atoms with van der Waals surface area (Å²) in [7, 11) is -3.50. The first-order chi connectivity index (χ1) is 8.47. The molecule has 2 aromatic rings. The Balaban J connectivity index is 2.30. The van der Waals surface area contributed by atoms with Crippen LogP contribution in [-0.2, 0) is 15.6 Å². The molecule has 0 aromatic heterocycles. The molecule has 0 saturated carbocycles. The van der Waals surface area contributed by atoms with Gasteiger partial charge in [0.2, 0.25) is 0 Å². The summed E-state index contributed by atoms with van der Waals surface area (Å²) in [4.78, 5) is 0.00502.